The molecule has 4 aromatic rings. The van der Waals surface area contributed by atoms with Gasteiger partial charge in [-0.15, -0.1) is 0 Å². The van der Waals surface area contributed by atoms with Crippen molar-refractivity contribution in [2.45, 2.75) is 76.3 Å². The molecule has 0 saturated carbocycles. The van der Waals surface area contributed by atoms with Crippen LogP contribution in [0.25, 0.3) is 32.9 Å². The average molecular weight is 622 g/mol. The highest BCUT2D eigenvalue weighted by molar-refractivity contribution is 6.01. The summed E-state index contributed by atoms with van der Waals surface area (Å²) in [6.45, 7) is 4.98. The number of aryl methyl sites for hydroxylation is 1. The lowest BCUT2D eigenvalue weighted by Gasteiger charge is -2.42. The smallest absolute Gasteiger partial charge is 0.318 e. The number of rotatable bonds is 4. The molecule has 4 atom stereocenters. The number of nitrogens with zero attached hydrogens (tertiary/aromatic N) is 5. The molecule has 6 heterocycles. The van der Waals surface area contributed by atoms with Gasteiger partial charge in [0.2, 0.25) is 0 Å². The molecule has 4 unspecified atom stereocenters. The van der Waals surface area contributed by atoms with Crippen LogP contribution in [0.2, 0.25) is 0 Å². The van der Waals surface area contributed by atoms with E-state index in [4.69, 9.17) is 9.47 Å². The first kappa shape index (κ1) is 30.0. The van der Waals surface area contributed by atoms with E-state index in [1.807, 2.05) is 6.92 Å². The van der Waals surface area contributed by atoms with Crippen molar-refractivity contribution in [3.8, 4) is 23.0 Å². The number of morpholine rings is 1. The van der Waals surface area contributed by atoms with Gasteiger partial charge in [0.15, 0.2) is 5.82 Å². The summed E-state index contributed by atoms with van der Waals surface area (Å²) in [4.78, 5) is 17.7. The summed E-state index contributed by atoms with van der Waals surface area (Å²) >= 11 is 0. The SMILES string of the molecule is CCc1c(F)ccc2cc(O)cc(-c3ncc4c(N5CC6CCCC(C5)O6)nc(OC)nc4c3F)c12.FC1CC2CCCN2C1. The number of pyridine rings is 1. The molecule has 0 spiro atoms. The summed E-state index contributed by atoms with van der Waals surface area (Å²) in [5, 5.41) is 12.0. The fraction of sp³-hybridized carbons (Fsp3) is 0.500. The number of phenolic OH excluding ortho intramolecular Hbond substituents is 1. The number of phenols is 1. The summed E-state index contributed by atoms with van der Waals surface area (Å²) in [6.07, 6.45) is 8.06. The molecule has 0 radical (unpaired) electrons. The zero-order valence-corrected chi connectivity index (χ0v) is 25.6. The van der Waals surface area contributed by atoms with Gasteiger partial charge in [0.25, 0.3) is 0 Å². The fourth-order valence-corrected chi connectivity index (χ4v) is 7.59. The average Bonchev–Trinajstić information content (AvgIpc) is 3.62. The van der Waals surface area contributed by atoms with Crippen molar-refractivity contribution in [1.82, 2.24) is 19.9 Å². The second-order valence-corrected chi connectivity index (χ2v) is 12.5. The number of anilines is 1. The van der Waals surface area contributed by atoms with Crippen molar-refractivity contribution in [3.63, 3.8) is 0 Å². The van der Waals surface area contributed by atoms with Crippen LogP contribution < -0.4 is 9.64 Å². The van der Waals surface area contributed by atoms with E-state index in [9.17, 15) is 13.9 Å². The van der Waals surface area contributed by atoms with E-state index in [2.05, 4.69) is 24.8 Å². The molecule has 2 aromatic carbocycles. The standard InChI is InChI=1S/C27H26F2N4O3.C7H12FN/c1-3-18-21(28)8-7-14-9-15(34)10-19(22(14)18)24-23(29)25-20(11-30-24)26(32-27(31-25)35-2)33-12-16-5-4-6-17(13-33)36-16;8-6-4-7-2-1-3-9(7)5-6/h7-11,16-17,34H,3-6,12-13H2,1-2H3;6-7H,1-5H2. The molecule has 4 saturated heterocycles. The van der Waals surface area contributed by atoms with E-state index in [-0.39, 0.29) is 41.0 Å². The van der Waals surface area contributed by atoms with Crippen molar-refractivity contribution in [2.24, 2.45) is 0 Å². The number of halogens is 3. The zero-order valence-electron chi connectivity index (χ0n) is 25.6. The Hall–Kier alpha value is -3.70. The van der Waals surface area contributed by atoms with Crippen LogP contribution in [0.5, 0.6) is 11.8 Å². The number of benzene rings is 2. The molecule has 2 aromatic heterocycles. The largest absolute Gasteiger partial charge is 0.508 e. The number of methoxy groups -OCH3 is 1. The Bertz CT molecular complexity index is 1720. The molecule has 0 aliphatic carbocycles. The quantitative estimate of drug-likeness (QED) is 0.282. The van der Waals surface area contributed by atoms with Gasteiger partial charge in [-0.3, -0.25) is 9.88 Å². The molecule has 1 N–H and O–H groups in total. The molecule has 4 aliphatic rings. The first-order chi connectivity index (χ1) is 21.8. The second-order valence-electron chi connectivity index (χ2n) is 12.5. The third kappa shape index (κ3) is 5.65. The Kier molecular flexibility index (Phi) is 8.16. The third-order valence-corrected chi connectivity index (χ3v) is 9.63. The summed E-state index contributed by atoms with van der Waals surface area (Å²) in [7, 11) is 1.44. The predicted molar refractivity (Wildman–Crippen MR) is 167 cm³/mol. The topological polar surface area (TPSA) is 83.8 Å². The summed E-state index contributed by atoms with van der Waals surface area (Å²) < 4.78 is 54.9. The molecule has 4 fully saturated rings. The molecular formula is C34H38F3N5O3. The summed E-state index contributed by atoms with van der Waals surface area (Å²) in [5.74, 6) is -0.576. The van der Waals surface area contributed by atoms with Gasteiger partial charge in [0.1, 0.15) is 34.8 Å². The molecule has 11 heteroatoms. The van der Waals surface area contributed by atoms with Crippen LogP contribution in [0.4, 0.5) is 19.0 Å². The minimum Gasteiger partial charge on any atom is -0.508 e. The van der Waals surface area contributed by atoms with Gasteiger partial charge < -0.3 is 19.5 Å². The van der Waals surface area contributed by atoms with Gasteiger partial charge in [0, 0.05) is 37.4 Å². The molecule has 8 rings (SSSR count). The first-order valence-corrected chi connectivity index (χ1v) is 16.0. The fourth-order valence-electron chi connectivity index (χ4n) is 7.59. The number of fused-ring (bicyclic) bond motifs is 5. The monoisotopic (exact) mass is 621 g/mol. The molecule has 4 aliphatic heterocycles. The van der Waals surface area contributed by atoms with Crippen LogP contribution in [0.15, 0.2) is 30.5 Å². The molecule has 8 nitrogen and oxygen atoms in total. The summed E-state index contributed by atoms with van der Waals surface area (Å²) in [6, 6.07) is 6.54. The van der Waals surface area contributed by atoms with Gasteiger partial charge in [-0.2, -0.15) is 9.97 Å². The highest BCUT2D eigenvalue weighted by atomic mass is 19.1. The maximum atomic E-state index is 16.2. The Morgan fingerprint density at radius 1 is 1.04 bits per heavy atom. The van der Waals surface area contributed by atoms with Crippen LogP contribution in [0.1, 0.15) is 51.0 Å². The van der Waals surface area contributed by atoms with Crippen LogP contribution in [-0.2, 0) is 11.2 Å². The molecule has 2 bridgehead atoms. The Balaban J connectivity index is 0.000000308. The zero-order chi connectivity index (χ0) is 31.2. The molecule has 238 valence electrons. The highest BCUT2D eigenvalue weighted by Crippen LogP contribution is 2.39. The number of aromatic hydroxyl groups is 1. The van der Waals surface area contributed by atoms with Gasteiger partial charge in [-0.25, -0.2) is 13.2 Å². The minimum absolute atomic E-state index is 0.0192. The summed E-state index contributed by atoms with van der Waals surface area (Å²) in [5.41, 5.74) is 0.782. The van der Waals surface area contributed by atoms with Crippen molar-refractivity contribution in [3.05, 3.63) is 47.7 Å². The van der Waals surface area contributed by atoms with Crippen LogP contribution in [0.3, 0.4) is 0 Å². The van der Waals surface area contributed by atoms with Gasteiger partial charge >= 0.3 is 6.01 Å². The maximum Gasteiger partial charge on any atom is 0.318 e. The van der Waals surface area contributed by atoms with Crippen LogP contribution >= 0.6 is 0 Å². The van der Waals surface area contributed by atoms with E-state index in [1.54, 1.807) is 12.3 Å². The molecular weight excluding hydrogens is 583 g/mol. The predicted octanol–water partition coefficient (Wildman–Crippen LogP) is 6.35. The lowest BCUT2D eigenvalue weighted by molar-refractivity contribution is -0.0606. The molecule has 0 amide bonds. The number of hydrogen-bond acceptors (Lipinski definition) is 8. The van der Waals surface area contributed by atoms with Gasteiger partial charge in [0.05, 0.1) is 24.7 Å². The Labute approximate surface area is 260 Å². The first-order valence-electron chi connectivity index (χ1n) is 16.0. The molecule has 45 heavy (non-hydrogen) atoms. The van der Waals surface area contributed by atoms with Gasteiger partial charge in [-0.05, 0) is 86.0 Å². The lowest BCUT2D eigenvalue weighted by Crippen LogP contribution is -2.50. The number of ether oxygens (including phenoxy) is 2. The van der Waals surface area contributed by atoms with Crippen molar-refractivity contribution in [1.29, 1.82) is 0 Å². The maximum absolute atomic E-state index is 16.2. The Morgan fingerprint density at radius 2 is 1.84 bits per heavy atom. The Morgan fingerprint density at radius 3 is 2.58 bits per heavy atom. The third-order valence-electron chi connectivity index (χ3n) is 9.63. The second kappa shape index (κ2) is 12.2. The van der Waals surface area contributed by atoms with Crippen molar-refractivity contribution >= 4 is 27.5 Å². The van der Waals surface area contributed by atoms with Crippen LogP contribution in [0, 0.1) is 11.6 Å². The highest BCUT2D eigenvalue weighted by Gasteiger charge is 2.35. The van der Waals surface area contributed by atoms with Gasteiger partial charge in [-0.1, -0.05) is 13.0 Å². The minimum atomic E-state index is -0.680. The lowest BCUT2D eigenvalue weighted by atomic mass is 9.94. The van der Waals surface area contributed by atoms with E-state index in [0.29, 0.717) is 65.2 Å². The van der Waals surface area contributed by atoms with Crippen LogP contribution in [-0.4, -0.2) is 82.7 Å². The van der Waals surface area contributed by atoms with Crippen molar-refractivity contribution < 1.29 is 27.8 Å². The normalized spacial score (nSPS) is 24.5. The number of aromatic nitrogens is 3. The van der Waals surface area contributed by atoms with Crippen molar-refractivity contribution in [2.75, 3.05) is 38.2 Å². The van der Waals surface area contributed by atoms with E-state index in [1.165, 1.54) is 38.2 Å². The van der Waals surface area contributed by atoms with E-state index < -0.39 is 12.0 Å². The number of alkyl halides is 1. The van der Waals surface area contributed by atoms with E-state index in [0.717, 1.165) is 32.2 Å². The number of hydrogen-bond donors (Lipinski definition) is 1. The van der Waals surface area contributed by atoms with E-state index >= 15 is 4.39 Å².